The summed E-state index contributed by atoms with van der Waals surface area (Å²) in [6, 6.07) is 18.7. The van der Waals surface area contributed by atoms with E-state index in [-0.39, 0.29) is 18.4 Å². The summed E-state index contributed by atoms with van der Waals surface area (Å²) >= 11 is 6.36. The highest BCUT2D eigenvalue weighted by Gasteiger charge is 2.35. The van der Waals surface area contributed by atoms with Crippen LogP contribution in [0.3, 0.4) is 0 Å². The number of aliphatic imine (C=N–C) groups is 1. The van der Waals surface area contributed by atoms with Gasteiger partial charge in [0.1, 0.15) is 18.4 Å². The van der Waals surface area contributed by atoms with Gasteiger partial charge in [-0.05, 0) is 48.7 Å². The number of halogens is 2. The molecule has 0 radical (unpaired) electrons. The maximum atomic E-state index is 14.0. The third-order valence-electron chi connectivity index (χ3n) is 6.28. The molecule has 7 heteroatoms. The number of rotatable bonds is 6. The smallest absolute Gasteiger partial charge is 0.252 e. The largest absolute Gasteiger partial charge is 0.324 e. The van der Waals surface area contributed by atoms with Gasteiger partial charge in [0.2, 0.25) is 5.91 Å². The molecule has 0 fully saturated rings. The summed E-state index contributed by atoms with van der Waals surface area (Å²) in [6.07, 6.45) is 0.738. The Morgan fingerprint density at radius 2 is 1.89 bits per heavy atom. The van der Waals surface area contributed by atoms with Gasteiger partial charge < -0.3 is 10.2 Å². The van der Waals surface area contributed by atoms with E-state index < -0.39 is 17.8 Å². The highest BCUT2D eigenvalue weighted by atomic mass is 35.5. The molecule has 180 valence electrons. The number of hydrogen-bond donors (Lipinski definition) is 1. The molecule has 2 atom stereocenters. The molecule has 3 aromatic carbocycles. The van der Waals surface area contributed by atoms with Gasteiger partial charge in [-0.1, -0.05) is 68.3 Å². The number of amides is 2. The molecule has 0 aromatic heterocycles. The summed E-state index contributed by atoms with van der Waals surface area (Å²) in [4.78, 5) is 33.2. The van der Waals surface area contributed by atoms with Crippen LogP contribution >= 0.6 is 11.6 Å². The van der Waals surface area contributed by atoms with Crippen LogP contribution in [0, 0.1) is 18.7 Å². The average Bonchev–Trinajstić information content (AvgIpc) is 2.96. The molecule has 0 bridgehead atoms. The van der Waals surface area contributed by atoms with Crippen LogP contribution in [-0.4, -0.2) is 30.1 Å². The van der Waals surface area contributed by atoms with Crippen LogP contribution in [0.5, 0.6) is 0 Å². The fraction of sp³-hybridized carbons (Fsp3) is 0.250. The molecule has 5 nitrogen and oxygen atoms in total. The molecule has 35 heavy (non-hydrogen) atoms. The number of carbonyl (C=O) groups excluding carboxylic acids is 2. The Balaban J connectivity index is 1.76. The van der Waals surface area contributed by atoms with E-state index in [4.69, 9.17) is 16.6 Å². The van der Waals surface area contributed by atoms with Crippen molar-refractivity contribution in [1.82, 2.24) is 0 Å². The lowest BCUT2D eigenvalue weighted by atomic mass is 9.98. The van der Waals surface area contributed by atoms with E-state index in [2.05, 4.69) is 5.32 Å². The van der Waals surface area contributed by atoms with Crippen molar-refractivity contribution in [2.45, 2.75) is 33.2 Å². The minimum absolute atomic E-state index is 0.0530. The molecule has 2 amide bonds. The number of benzene rings is 3. The van der Waals surface area contributed by atoms with E-state index in [0.717, 1.165) is 12.0 Å². The number of benzodiazepines with no additional fused rings is 1. The van der Waals surface area contributed by atoms with Crippen molar-refractivity contribution in [3.8, 4) is 0 Å². The molecular formula is C28H27ClFN3O2. The van der Waals surface area contributed by atoms with Gasteiger partial charge in [-0.3, -0.25) is 14.6 Å². The number of nitrogens with zero attached hydrogens (tertiary/aromatic N) is 2. The van der Waals surface area contributed by atoms with Crippen LogP contribution in [-0.2, 0) is 9.59 Å². The normalized spacial score (nSPS) is 16.3. The van der Waals surface area contributed by atoms with Crippen LogP contribution in [0.1, 0.15) is 37.0 Å². The Bertz CT molecular complexity index is 1290. The van der Waals surface area contributed by atoms with Gasteiger partial charge in [-0.2, -0.15) is 0 Å². The van der Waals surface area contributed by atoms with Gasteiger partial charge in [0.05, 0.1) is 11.4 Å². The summed E-state index contributed by atoms with van der Waals surface area (Å²) in [6.45, 7) is 5.39. The number of aryl methyl sites for hydroxylation is 1. The van der Waals surface area contributed by atoms with Gasteiger partial charge >= 0.3 is 0 Å². The lowest BCUT2D eigenvalue weighted by molar-refractivity contribution is -0.123. The van der Waals surface area contributed by atoms with E-state index in [1.165, 1.54) is 11.0 Å². The second-order valence-electron chi connectivity index (χ2n) is 8.77. The first-order valence-electron chi connectivity index (χ1n) is 11.6. The van der Waals surface area contributed by atoms with Crippen LogP contribution in [0.15, 0.2) is 71.7 Å². The second-order valence-corrected chi connectivity index (χ2v) is 9.21. The Hall–Kier alpha value is -3.51. The molecule has 3 aromatic rings. The number of hydrogen-bond acceptors (Lipinski definition) is 3. The first kappa shape index (κ1) is 24.6. The molecule has 1 aliphatic heterocycles. The van der Waals surface area contributed by atoms with Crippen LogP contribution in [0.4, 0.5) is 15.8 Å². The molecule has 4 rings (SSSR count). The molecule has 0 aliphatic carbocycles. The van der Waals surface area contributed by atoms with Gasteiger partial charge in [0.25, 0.3) is 5.91 Å². The SMILES string of the molecule is CCC(C)C1N=C(c2ccccc2)c2cc(Cl)ccc2N(CC(=O)Nc2ccc(C)c(F)c2)C1=O. The number of fused-ring (bicyclic) bond motifs is 1. The average molecular weight is 492 g/mol. The minimum atomic E-state index is -0.675. The molecule has 0 saturated carbocycles. The van der Waals surface area contributed by atoms with Crippen LogP contribution < -0.4 is 10.2 Å². The third-order valence-corrected chi connectivity index (χ3v) is 6.51. The summed E-state index contributed by atoms with van der Waals surface area (Å²) < 4.78 is 14.0. The lowest BCUT2D eigenvalue weighted by Gasteiger charge is -2.26. The van der Waals surface area contributed by atoms with E-state index in [1.807, 2.05) is 44.2 Å². The lowest BCUT2D eigenvalue weighted by Crippen LogP contribution is -2.44. The summed E-state index contributed by atoms with van der Waals surface area (Å²) in [5, 5.41) is 3.21. The van der Waals surface area contributed by atoms with Crippen LogP contribution in [0.2, 0.25) is 5.02 Å². The van der Waals surface area contributed by atoms with Crippen molar-refractivity contribution in [1.29, 1.82) is 0 Å². The quantitative estimate of drug-likeness (QED) is 0.458. The van der Waals surface area contributed by atoms with Crippen molar-refractivity contribution in [2.24, 2.45) is 10.9 Å². The molecular weight excluding hydrogens is 465 g/mol. The minimum Gasteiger partial charge on any atom is -0.324 e. The first-order chi connectivity index (χ1) is 16.8. The van der Waals surface area contributed by atoms with Crippen molar-refractivity contribution in [2.75, 3.05) is 16.8 Å². The molecule has 1 N–H and O–H groups in total. The van der Waals surface area contributed by atoms with Gasteiger partial charge in [-0.25, -0.2) is 4.39 Å². The summed E-state index contributed by atoms with van der Waals surface area (Å²) in [5.41, 5.74) is 3.56. The summed E-state index contributed by atoms with van der Waals surface area (Å²) in [7, 11) is 0. The molecule has 1 heterocycles. The fourth-order valence-corrected chi connectivity index (χ4v) is 4.25. The van der Waals surface area contributed by atoms with Crippen molar-refractivity contribution >= 4 is 40.5 Å². The van der Waals surface area contributed by atoms with E-state index in [1.54, 1.807) is 37.3 Å². The third kappa shape index (κ3) is 5.28. The number of carbonyl (C=O) groups is 2. The molecule has 0 spiro atoms. The Morgan fingerprint density at radius 1 is 1.14 bits per heavy atom. The zero-order chi connectivity index (χ0) is 25.1. The molecule has 0 saturated heterocycles. The Kier molecular flexibility index (Phi) is 7.31. The van der Waals surface area contributed by atoms with E-state index in [9.17, 15) is 14.0 Å². The van der Waals surface area contributed by atoms with Crippen molar-refractivity contribution < 1.29 is 14.0 Å². The predicted octanol–water partition coefficient (Wildman–Crippen LogP) is 6.02. The zero-order valence-corrected chi connectivity index (χ0v) is 20.6. The van der Waals surface area contributed by atoms with Crippen LogP contribution in [0.25, 0.3) is 0 Å². The monoisotopic (exact) mass is 491 g/mol. The highest BCUT2D eigenvalue weighted by Crippen LogP contribution is 2.33. The van der Waals surface area contributed by atoms with E-state index >= 15 is 0 Å². The fourth-order valence-electron chi connectivity index (χ4n) is 4.07. The maximum absolute atomic E-state index is 14.0. The van der Waals surface area contributed by atoms with Crippen molar-refractivity contribution in [3.63, 3.8) is 0 Å². The Labute approximate surface area is 209 Å². The Morgan fingerprint density at radius 3 is 2.57 bits per heavy atom. The standard InChI is InChI=1S/C28H27ClFN3O2/c1-4-17(2)26-28(35)33(16-25(34)31-21-12-10-18(3)23(30)15-21)24-13-11-20(29)14-22(24)27(32-26)19-8-6-5-7-9-19/h5-15,17,26H,4,16H2,1-3H3,(H,31,34). The maximum Gasteiger partial charge on any atom is 0.252 e. The molecule has 2 unspecified atom stereocenters. The van der Waals surface area contributed by atoms with Gasteiger partial charge in [-0.15, -0.1) is 0 Å². The van der Waals surface area contributed by atoms with E-state index in [0.29, 0.717) is 33.2 Å². The summed E-state index contributed by atoms with van der Waals surface area (Å²) in [5.74, 6) is -1.17. The predicted molar refractivity (Wildman–Crippen MR) is 139 cm³/mol. The molecule has 1 aliphatic rings. The number of anilines is 2. The second kappa shape index (κ2) is 10.4. The van der Waals surface area contributed by atoms with Crippen molar-refractivity contribution in [3.05, 3.63) is 94.3 Å². The van der Waals surface area contributed by atoms with Gasteiger partial charge in [0.15, 0.2) is 0 Å². The zero-order valence-electron chi connectivity index (χ0n) is 19.9. The van der Waals surface area contributed by atoms with Gasteiger partial charge in [0, 0.05) is 21.8 Å². The topological polar surface area (TPSA) is 61.8 Å². The first-order valence-corrected chi connectivity index (χ1v) is 12.0. The number of nitrogens with one attached hydrogen (secondary N) is 1. The highest BCUT2D eigenvalue weighted by molar-refractivity contribution is 6.32.